The summed E-state index contributed by atoms with van der Waals surface area (Å²) in [5.74, 6) is -0.501. The van der Waals surface area contributed by atoms with Crippen LogP contribution in [-0.2, 0) is 0 Å². The second-order valence-electron chi connectivity index (χ2n) is 7.51. The summed E-state index contributed by atoms with van der Waals surface area (Å²) in [5, 5.41) is 5.93. The Morgan fingerprint density at radius 3 is 2.77 bits per heavy atom. The topological polar surface area (TPSA) is 46.5 Å². The molecule has 3 aromatic heterocycles. The quantitative estimate of drug-likeness (QED) is 0.288. The van der Waals surface area contributed by atoms with E-state index < -0.39 is 5.82 Å². The van der Waals surface area contributed by atoms with Crippen LogP contribution in [0.4, 0.5) is 4.39 Å². The van der Waals surface area contributed by atoms with Gasteiger partial charge in [0.2, 0.25) is 0 Å². The number of fused-ring (bicyclic) bond motifs is 1. The van der Waals surface area contributed by atoms with Crippen LogP contribution in [0.1, 0.15) is 50.3 Å². The van der Waals surface area contributed by atoms with Gasteiger partial charge in [0.25, 0.3) is 0 Å². The Morgan fingerprint density at radius 1 is 1.16 bits per heavy atom. The zero-order chi connectivity index (χ0) is 22.0. The number of hydrogen-bond acceptors (Lipinski definition) is 2. The molecule has 1 N–H and O–H groups in total. The highest BCUT2D eigenvalue weighted by atomic mass is 35.5. The molecule has 0 aliphatic rings. The molecule has 1 atom stereocenters. The molecule has 0 aliphatic carbocycles. The monoisotopic (exact) mass is 456 g/mol. The van der Waals surface area contributed by atoms with Gasteiger partial charge in [0.05, 0.1) is 17.3 Å². The van der Waals surface area contributed by atoms with Gasteiger partial charge in [-0.25, -0.2) is 9.37 Å². The molecule has 0 spiro atoms. The number of nitrogens with one attached hydrogen (secondary N) is 1. The standard InChI is InChI=1S/C24H23Cl2FN4/c1-3-5-18(4-2)31-14-17(13-30-31)16-10-20-15(11-28-24(20)29-12-16)6-7-19-21(25)8-9-22(27)23(19)26/h6-14,18H,3-5H2,1-2H3,(H,28,29). The summed E-state index contributed by atoms with van der Waals surface area (Å²) in [5.41, 5.74) is 4.14. The Balaban J connectivity index is 1.68. The molecule has 4 rings (SSSR count). The van der Waals surface area contributed by atoms with Gasteiger partial charge in [-0.15, -0.1) is 0 Å². The number of benzene rings is 1. The van der Waals surface area contributed by atoms with Crippen molar-refractivity contribution in [3.63, 3.8) is 0 Å². The van der Waals surface area contributed by atoms with Crippen molar-refractivity contribution in [1.82, 2.24) is 19.7 Å². The van der Waals surface area contributed by atoms with Gasteiger partial charge in [-0.2, -0.15) is 5.10 Å². The lowest BCUT2D eigenvalue weighted by atomic mass is 10.1. The molecule has 4 aromatic rings. The first-order chi connectivity index (χ1) is 15.0. The summed E-state index contributed by atoms with van der Waals surface area (Å²) < 4.78 is 15.9. The van der Waals surface area contributed by atoms with Crippen LogP contribution < -0.4 is 0 Å². The second-order valence-corrected chi connectivity index (χ2v) is 8.30. The van der Waals surface area contributed by atoms with Crippen LogP contribution in [-0.4, -0.2) is 19.7 Å². The molecule has 0 saturated heterocycles. The molecule has 1 unspecified atom stereocenters. The Hall–Kier alpha value is -2.63. The van der Waals surface area contributed by atoms with Gasteiger partial charge in [-0.05, 0) is 31.0 Å². The number of aromatic nitrogens is 4. The molecule has 7 heteroatoms. The first-order valence-electron chi connectivity index (χ1n) is 10.3. The first kappa shape index (κ1) is 21.6. The smallest absolute Gasteiger partial charge is 0.142 e. The predicted molar refractivity (Wildman–Crippen MR) is 127 cm³/mol. The zero-order valence-corrected chi connectivity index (χ0v) is 18.9. The van der Waals surface area contributed by atoms with Crippen LogP contribution in [0, 0.1) is 5.82 Å². The molecule has 0 bridgehead atoms. The van der Waals surface area contributed by atoms with Crippen LogP contribution in [0.15, 0.2) is 43.0 Å². The average Bonchev–Trinajstić information content (AvgIpc) is 3.42. The number of hydrogen-bond donors (Lipinski definition) is 1. The SMILES string of the molecule is CCCC(CC)n1cc(-c2cnc3[nH]cc(C=Cc4c(Cl)ccc(F)c4Cl)c3c2)cn1. The molecule has 1 aromatic carbocycles. The van der Waals surface area contributed by atoms with Crippen LogP contribution in [0.25, 0.3) is 34.3 Å². The molecular formula is C24H23Cl2FN4. The minimum atomic E-state index is -0.501. The second kappa shape index (κ2) is 9.25. The van der Waals surface area contributed by atoms with Gasteiger partial charge in [0.1, 0.15) is 11.5 Å². The predicted octanol–water partition coefficient (Wildman–Crippen LogP) is 7.79. The lowest BCUT2D eigenvalue weighted by Crippen LogP contribution is -2.07. The van der Waals surface area contributed by atoms with E-state index >= 15 is 0 Å². The Labute approximate surface area is 190 Å². The largest absolute Gasteiger partial charge is 0.346 e. The molecule has 160 valence electrons. The number of halogens is 3. The lowest BCUT2D eigenvalue weighted by Gasteiger charge is -2.13. The van der Waals surface area contributed by atoms with E-state index in [0.717, 1.165) is 47.0 Å². The molecule has 0 aliphatic heterocycles. The van der Waals surface area contributed by atoms with Crippen molar-refractivity contribution in [3.05, 3.63) is 70.0 Å². The summed E-state index contributed by atoms with van der Waals surface area (Å²) in [4.78, 5) is 7.72. The summed E-state index contributed by atoms with van der Waals surface area (Å²) in [6.45, 7) is 4.38. The van der Waals surface area contributed by atoms with Crippen molar-refractivity contribution in [1.29, 1.82) is 0 Å². The van der Waals surface area contributed by atoms with Gasteiger partial charge < -0.3 is 4.98 Å². The van der Waals surface area contributed by atoms with Crippen LogP contribution in [0.5, 0.6) is 0 Å². The van der Waals surface area contributed by atoms with Crippen molar-refractivity contribution in [2.45, 2.75) is 39.2 Å². The van der Waals surface area contributed by atoms with Gasteiger partial charge in [-0.3, -0.25) is 4.68 Å². The average molecular weight is 457 g/mol. The Bertz CT molecular complexity index is 1240. The van der Waals surface area contributed by atoms with E-state index in [1.165, 1.54) is 12.1 Å². The minimum absolute atomic E-state index is 0.00683. The van der Waals surface area contributed by atoms with Crippen LogP contribution in [0.3, 0.4) is 0 Å². The van der Waals surface area contributed by atoms with E-state index in [1.807, 2.05) is 24.7 Å². The van der Waals surface area contributed by atoms with E-state index in [-0.39, 0.29) is 5.02 Å². The third kappa shape index (κ3) is 4.39. The normalized spacial score (nSPS) is 12.8. The van der Waals surface area contributed by atoms with E-state index in [0.29, 0.717) is 16.6 Å². The van der Waals surface area contributed by atoms with Gasteiger partial charge in [-0.1, -0.05) is 55.6 Å². The third-order valence-electron chi connectivity index (χ3n) is 5.47. The van der Waals surface area contributed by atoms with E-state index in [4.69, 9.17) is 23.2 Å². The summed E-state index contributed by atoms with van der Waals surface area (Å²) >= 11 is 12.3. The Kier molecular flexibility index (Phi) is 6.44. The number of aromatic amines is 1. The van der Waals surface area contributed by atoms with Crippen molar-refractivity contribution >= 4 is 46.4 Å². The van der Waals surface area contributed by atoms with Gasteiger partial charge in [0.15, 0.2) is 0 Å². The van der Waals surface area contributed by atoms with Crippen molar-refractivity contribution < 1.29 is 4.39 Å². The fraction of sp³-hybridized carbons (Fsp3) is 0.250. The van der Waals surface area contributed by atoms with E-state index in [1.54, 1.807) is 6.08 Å². The van der Waals surface area contributed by atoms with Crippen LogP contribution >= 0.6 is 23.2 Å². The molecule has 0 amide bonds. The number of pyridine rings is 1. The molecular weight excluding hydrogens is 434 g/mol. The summed E-state index contributed by atoms with van der Waals surface area (Å²) in [7, 11) is 0. The maximum Gasteiger partial charge on any atom is 0.142 e. The maximum atomic E-state index is 13.8. The van der Waals surface area contributed by atoms with Crippen molar-refractivity contribution in [2.24, 2.45) is 0 Å². The van der Waals surface area contributed by atoms with E-state index in [2.05, 4.69) is 45.9 Å². The maximum absolute atomic E-state index is 13.8. The summed E-state index contributed by atoms with van der Waals surface area (Å²) in [6, 6.07) is 5.24. The van der Waals surface area contributed by atoms with Gasteiger partial charge in [0, 0.05) is 51.3 Å². The highest BCUT2D eigenvalue weighted by Crippen LogP contribution is 2.31. The fourth-order valence-corrected chi connectivity index (χ4v) is 4.23. The molecule has 0 radical (unpaired) electrons. The van der Waals surface area contributed by atoms with E-state index in [9.17, 15) is 4.39 Å². The molecule has 3 heterocycles. The summed E-state index contributed by atoms with van der Waals surface area (Å²) in [6.07, 6.45) is 14.5. The lowest BCUT2D eigenvalue weighted by molar-refractivity contribution is 0.409. The number of nitrogens with zero attached hydrogens (tertiary/aromatic N) is 3. The van der Waals surface area contributed by atoms with Crippen molar-refractivity contribution in [2.75, 3.05) is 0 Å². The molecule has 31 heavy (non-hydrogen) atoms. The van der Waals surface area contributed by atoms with Gasteiger partial charge >= 0.3 is 0 Å². The minimum Gasteiger partial charge on any atom is -0.346 e. The number of rotatable bonds is 7. The molecule has 0 saturated carbocycles. The highest BCUT2D eigenvalue weighted by Gasteiger charge is 2.12. The molecule has 0 fully saturated rings. The third-order valence-corrected chi connectivity index (χ3v) is 6.19. The number of H-pyrrole nitrogens is 1. The first-order valence-corrected chi connectivity index (χ1v) is 11.1. The fourth-order valence-electron chi connectivity index (χ4n) is 3.73. The highest BCUT2D eigenvalue weighted by molar-refractivity contribution is 6.37. The van der Waals surface area contributed by atoms with Crippen LogP contribution in [0.2, 0.25) is 10.0 Å². The molecule has 4 nitrogen and oxygen atoms in total. The zero-order valence-electron chi connectivity index (χ0n) is 17.4. The Morgan fingerprint density at radius 2 is 2.00 bits per heavy atom. The van der Waals surface area contributed by atoms with Crippen molar-refractivity contribution in [3.8, 4) is 11.1 Å².